The summed E-state index contributed by atoms with van der Waals surface area (Å²) >= 11 is 0. The first kappa shape index (κ1) is 12.2. The molecular formula is C15H13O3P. The monoisotopic (exact) mass is 272 g/mol. The lowest BCUT2D eigenvalue weighted by Gasteiger charge is -2.28. The third kappa shape index (κ3) is 2.00. The van der Waals surface area contributed by atoms with Crippen molar-refractivity contribution < 1.29 is 13.9 Å². The van der Waals surface area contributed by atoms with Gasteiger partial charge in [-0.25, -0.2) is 0 Å². The molecule has 19 heavy (non-hydrogen) atoms. The zero-order chi connectivity index (χ0) is 13.3. The molecule has 96 valence electrons. The van der Waals surface area contributed by atoms with Crippen LogP contribution in [0.1, 0.15) is 6.42 Å². The molecule has 1 unspecified atom stereocenters. The van der Waals surface area contributed by atoms with Crippen molar-refractivity contribution in [2.24, 2.45) is 0 Å². The maximum atomic E-state index is 13.0. The molecule has 0 fully saturated rings. The summed E-state index contributed by atoms with van der Waals surface area (Å²) in [7, 11) is -2.98. The van der Waals surface area contributed by atoms with Crippen molar-refractivity contribution in [1.82, 2.24) is 0 Å². The molecule has 0 amide bonds. The highest BCUT2D eigenvalue weighted by atomic mass is 31.2. The molecule has 0 spiro atoms. The molecule has 0 saturated carbocycles. The number of aldehydes is 1. The first-order chi connectivity index (χ1) is 9.24. The van der Waals surface area contributed by atoms with Gasteiger partial charge in [-0.1, -0.05) is 36.4 Å². The van der Waals surface area contributed by atoms with Crippen LogP contribution in [0.2, 0.25) is 0 Å². The molecule has 4 heteroatoms. The third-order valence-electron chi connectivity index (χ3n) is 3.24. The van der Waals surface area contributed by atoms with Gasteiger partial charge in [-0.05, 0) is 17.7 Å². The second-order valence-electron chi connectivity index (χ2n) is 4.46. The van der Waals surface area contributed by atoms with Crippen molar-refractivity contribution in [3.05, 3.63) is 48.5 Å². The summed E-state index contributed by atoms with van der Waals surface area (Å²) in [5, 5.41) is 0.718. The predicted molar refractivity (Wildman–Crippen MR) is 75.3 cm³/mol. The summed E-state index contributed by atoms with van der Waals surface area (Å²) in [6, 6.07) is 15.1. The number of para-hydroxylation sites is 1. The van der Waals surface area contributed by atoms with E-state index in [-0.39, 0.29) is 12.6 Å². The van der Waals surface area contributed by atoms with Crippen LogP contribution in [-0.4, -0.2) is 12.4 Å². The average molecular weight is 272 g/mol. The number of hydrogen-bond acceptors (Lipinski definition) is 3. The Bertz CT molecular complexity index is 679. The molecule has 1 heterocycles. The fourth-order valence-electron chi connectivity index (χ4n) is 2.36. The Morgan fingerprint density at radius 2 is 1.68 bits per heavy atom. The van der Waals surface area contributed by atoms with E-state index in [9.17, 15) is 9.36 Å². The number of fused-ring (bicyclic) bond motifs is 3. The molecule has 3 nitrogen and oxygen atoms in total. The minimum Gasteiger partial charge on any atom is -0.439 e. The maximum Gasteiger partial charge on any atom is 0.278 e. The van der Waals surface area contributed by atoms with Gasteiger partial charge in [0.15, 0.2) is 0 Å². The zero-order valence-corrected chi connectivity index (χ0v) is 11.2. The first-order valence-electron chi connectivity index (χ1n) is 6.16. The lowest BCUT2D eigenvalue weighted by molar-refractivity contribution is -0.107. The number of rotatable bonds is 3. The van der Waals surface area contributed by atoms with E-state index in [2.05, 4.69) is 0 Å². The minimum atomic E-state index is -2.98. The number of carbonyl (C=O) groups is 1. The van der Waals surface area contributed by atoms with Crippen LogP contribution in [-0.2, 0) is 9.36 Å². The lowest BCUT2D eigenvalue weighted by Crippen LogP contribution is -2.19. The lowest BCUT2D eigenvalue weighted by atomic mass is 10.0. The van der Waals surface area contributed by atoms with E-state index in [4.69, 9.17) is 4.52 Å². The molecule has 2 aromatic rings. The van der Waals surface area contributed by atoms with Crippen LogP contribution in [0.25, 0.3) is 11.1 Å². The Kier molecular flexibility index (Phi) is 3.00. The van der Waals surface area contributed by atoms with Gasteiger partial charge in [0, 0.05) is 18.1 Å². The topological polar surface area (TPSA) is 43.4 Å². The standard InChI is InChI=1S/C15H13O3P/c16-10-5-11-19(17)15-9-4-2-7-13(15)12-6-1-3-8-14(12)18-19/h1-4,6-10H,5,11H2. The SMILES string of the molecule is O=CCCP1(=O)Oc2ccccc2-c2ccccc21. The summed E-state index contributed by atoms with van der Waals surface area (Å²) in [4.78, 5) is 10.6. The largest absolute Gasteiger partial charge is 0.439 e. The van der Waals surface area contributed by atoms with Gasteiger partial charge in [-0.2, -0.15) is 0 Å². The molecule has 0 radical (unpaired) electrons. The van der Waals surface area contributed by atoms with Gasteiger partial charge in [-0.3, -0.25) is 4.57 Å². The maximum absolute atomic E-state index is 13.0. The smallest absolute Gasteiger partial charge is 0.278 e. The van der Waals surface area contributed by atoms with Crippen LogP contribution in [0, 0.1) is 0 Å². The molecule has 0 saturated heterocycles. The van der Waals surface area contributed by atoms with E-state index in [0.29, 0.717) is 5.75 Å². The number of hydrogen-bond donors (Lipinski definition) is 0. The van der Waals surface area contributed by atoms with Gasteiger partial charge < -0.3 is 9.32 Å². The Hall–Kier alpha value is -1.86. The van der Waals surface area contributed by atoms with E-state index in [1.54, 1.807) is 0 Å². The van der Waals surface area contributed by atoms with Crippen molar-refractivity contribution in [2.75, 3.05) is 6.16 Å². The highest BCUT2D eigenvalue weighted by Crippen LogP contribution is 2.54. The van der Waals surface area contributed by atoms with Crippen molar-refractivity contribution >= 4 is 19.0 Å². The summed E-state index contributed by atoms with van der Waals surface area (Å²) in [5.74, 6) is 0.635. The Morgan fingerprint density at radius 3 is 2.47 bits per heavy atom. The van der Waals surface area contributed by atoms with Gasteiger partial charge in [0.25, 0.3) is 7.37 Å². The molecule has 0 aromatic heterocycles. The van der Waals surface area contributed by atoms with Crippen molar-refractivity contribution in [1.29, 1.82) is 0 Å². The summed E-state index contributed by atoms with van der Waals surface area (Å²) in [6.45, 7) is 0. The molecule has 1 aliphatic rings. The molecule has 2 aromatic carbocycles. The molecular weight excluding hydrogens is 259 g/mol. The van der Waals surface area contributed by atoms with Crippen LogP contribution < -0.4 is 9.83 Å². The van der Waals surface area contributed by atoms with Crippen LogP contribution in [0.3, 0.4) is 0 Å². The molecule has 1 aliphatic heterocycles. The van der Waals surface area contributed by atoms with E-state index in [0.717, 1.165) is 22.7 Å². The number of benzene rings is 2. The second kappa shape index (κ2) is 4.67. The van der Waals surface area contributed by atoms with Gasteiger partial charge in [0.1, 0.15) is 12.0 Å². The quantitative estimate of drug-likeness (QED) is 0.636. The van der Waals surface area contributed by atoms with Crippen LogP contribution in [0.4, 0.5) is 0 Å². The van der Waals surface area contributed by atoms with Gasteiger partial charge in [0.2, 0.25) is 0 Å². The molecule has 1 atom stereocenters. The number of carbonyl (C=O) groups excluding carboxylic acids is 1. The zero-order valence-electron chi connectivity index (χ0n) is 10.3. The van der Waals surface area contributed by atoms with Crippen LogP contribution >= 0.6 is 7.37 Å². The van der Waals surface area contributed by atoms with Crippen molar-refractivity contribution in [3.8, 4) is 16.9 Å². The fourth-order valence-corrected chi connectivity index (χ4v) is 4.59. The van der Waals surface area contributed by atoms with Gasteiger partial charge >= 0.3 is 0 Å². The van der Waals surface area contributed by atoms with E-state index >= 15 is 0 Å². The normalized spacial score (nSPS) is 20.0. The molecule has 0 bridgehead atoms. The van der Waals surface area contributed by atoms with Crippen LogP contribution in [0.15, 0.2) is 48.5 Å². The van der Waals surface area contributed by atoms with Gasteiger partial charge in [-0.15, -0.1) is 0 Å². The Morgan fingerprint density at radius 1 is 1.00 bits per heavy atom. The van der Waals surface area contributed by atoms with Crippen molar-refractivity contribution in [2.45, 2.75) is 6.42 Å². The fraction of sp³-hybridized carbons (Fsp3) is 0.133. The van der Waals surface area contributed by atoms with E-state index in [1.807, 2.05) is 48.5 Å². The van der Waals surface area contributed by atoms with Crippen molar-refractivity contribution in [3.63, 3.8) is 0 Å². The van der Waals surface area contributed by atoms with Crippen LogP contribution in [0.5, 0.6) is 5.75 Å². The average Bonchev–Trinajstić information content (AvgIpc) is 2.46. The predicted octanol–water partition coefficient (Wildman–Crippen LogP) is 3.24. The Balaban J connectivity index is 2.19. The summed E-state index contributed by atoms with van der Waals surface area (Å²) in [6.07, 6.45) is 1.28. The van der Waals surface area contributed by atoms with E-state index < -0.39 is 7.37 Å². The first-order valence-corrected chi connectivity index (χ1v) is 7.97. The minimum absolute atomic E-state index is 0.244. The summed E-state index contributed by atoms with van der Waals surface area (Å²) in [5.41, 5.74) is 1.90. The van der Waals surface area contributed by atoms with Gasteiger partial charge in [0.05, 0.1) is 5.30 Å². The molecule has 0 aliphatic carbocycles. The molecule has 3 rings (SSSR count). The van der Waals surface area contributed by atoms with E-state index in [1.165, 1.54) is 0 Å². The Labute approximate surface area is 111 Å². The molecule has 0 N–H and O–H groups in total. The second-order valence-corrected chi connectivity index (χ2v) is 6.92. The third-order valence-corrected chi connectivity index (χ3v) is 5.70. The summed E-state index contributed by atoms with van der Waals surface area (Å²) < 4.78 is 18.7. The highest BCUT2D eigenvalue weighted by molar-refractivity contribution is 7.67. The highest BCUT2D eigenvalue weighted by Gasteiger charge is 2.34.